The van der Waals surface area contributed by atoms with Crippen LogP contribution in [0.1, 0.15) is 74.2 Å². The molecule has 12 heteroatoms. The van der Waals surface area contributed by atoms with Crippen molar-refractivity contribution in [3.05, 3.63) is 58.1 Å². The standard InChI is InChI=1S/C31H38ClF5N4O2/c1-20-19-41(16-15-40(20)14-13-31(35,36)37)26-17-23(32)9-11-25(26)39-30(43)24-10-8-22(28(33)29(24)34)18-38-27(42)12-7-21-5-3-2-4-6-21/h8-11,17,20-21H,2-7,12-16,18-19H2,1H3,(H,38,42)(H,39,43)/t20-/m1/s1. The van der Waals surface area contributed by atoms with Crippen molar-refractivity contribution < 1.29 is 31.5 Å². The van der Waals surface area contributed by atoms with E-state index in [0.717, 1.165) is 19.3 Å². The summed E-state index contributed by atoms with van der Waals surface area (Å²) in [6, 6.07) is 6.95. The number of carbonyl (C=O) groups is 2. The summed E-state index contributed by atoms with van der Waals surface area (Å²) in [6.07, 6.45) is 1.81. The first-order valence-corrected chi connectivity index (χ1v) is 15.2. The second kappa shape index (κ2) is 14.7. The molecule has 6 nitrogen and oxygen atoms in total. The molecule has 43 heavy (non-hydrogen) atoms. The maximum absolute atomic E-state index is 15.0. The van der Waals surface area contributed by atoms with Crippen LogP contribution in [0.25, 0.3) is 0 Å². The highest BCUT2D eigenvalue weighted by molar-refractivity contribution is 6.31. The van der Waals surface area contributed by atoms with Gasteiger partial charge in [0.15, 0.2) is 11.6 Å². The van der Waals surface area contributed by atoms with Gasteiger partial charge < -0.3 is 15.5 Å². The summed E-state index contributed by atoms with van der Waals surface area (Å²) < 4.78 is 68.1. The quantitative estimate of drug-likeness (QED) is 0.271. The molecule has 0 radical (unpaired) electrons. The van der Waals surface area contributed by atoms with Crippen molar-refractivity contribution in [1.82, 2.24) is 10.2 Å². The number of rotatable bonds is 10. The summed E-state index contributed by atoms with van der Waals surface area (Å²) in [5.41, 5.74) is 0.261. The maximum Gasteiger partial charge on any atom is 0.390 e. The molecule has 2 fully saturated rings. The van der Waals surface area contributed by atoms with Crippen LogP contribution in [0.4, 0.5) is 33.3 Å². The molecule has 2 amide bonds. The van der Waals surface area contributed by atoms with Gasteiger partial charge in [-0.1, -0.05) is 49.8 Å². The Balaban J connectivity index is 1.37. The Hall–Kier alpha value is -2.92. The molecule has 1 atom stereocenters. The number of piperazine rings is 1. The SMILES string of the molecule is C[C@@H]1CN(c2cc(Cl)ccc2NC(=O)c2ccc(CNC(=O)CCC3CCCCC3)c(F)c2F)CCN1CCC(F)(F)F. The second-order valence-electron chi connectivity index (χ2n) is 11.5. The average molecular weight is 629 g/mol. The molecule has 2 aromatic rings. The Morgan fingerprint density at radius 2 is 1.77 bits per heavy atom. The monoisotopic (exact) mass is 628 g/mol. The van der Waals surface area contributed by atoms with Crippen molar-refractivity contribution >= 4 is 34.8 Å². The smallest absolute Gasteiger partial charge is 0.367 e. The lowest BCUT2D eigenvalue weighted by atomic mass is 9.86. The van der Waals surface area contributed by atoms with E-state index in [1.165, 1.54) is 31.4 Å². The van der Waals surface area contributed by atoms with Gasteiger partial charge in [-0.25, -0.2) is 8.78 Å². The van der Waals surface area contributed by atoms with Crippen LogP contribution < -0.4 is 15.5 Å². The van der Waals surface area contributed by atoms with Gasteiger partial charge >= 0.3 is 6.18 Å². The van der Waals surface area contributed by atoms with Gasteiger partial charge in [-0.15, -0.1) is 0 Å². The molecule has 4 rings (SSSR count). The first-order valence-electron chi connectivity index (χ1n) is 14.8. The van der Waals surface area contributed by atoms with E-state index >= 15 is 4.39 Å². The Bertz CT molecular complexity index is 1290. The first-order chi connectivity index (χ1) is 20.4. The minimum absolute atomic E-state index is 0.0652. The zero-order chi connectivity index (χ0) is 31.1. The van der Waals surface area contributed by atoms with Crippen molar-refractivity contribution in [2.24, 2.45) is 5.92 Å². The molecular weight excluding hydrogens is 591 g/mol. The van der Waals surface area contributed by atoms with Crippen LogP contribution in [0.2, 0.25) is 5.02 Å². The summed E-state index contributed by atoms with van der Waals surface area (Å²) >= 11 is 6.21. The van der Waals surface area contributed by atoms with Gasteiger partial charge in [0.05, 0.1) is 23.4 Å². The molecule has 2 aliphatic rings. The van der Waals surface area contributed by atoms with Crippen molar-refractivity contribution in [3.8, 4) is 0 Å². The van der Waals surface area contributed by atoms with Crippen LogP contribution in [0.5, 0.6) is 0 Å². The molecule has 2 aromatic carbocycles. The van der Waals surface area contributed by atoms with Crippen LogP contribution in [-0.2, 0) is 11.3 Å². The van der Waals surface area contributed by atoms with E-state index in [-0.39, 0.29) is 30.6 Å². The van der Waals surface area contributed by atoms with E-state index in [1.54, 1.807) is 23.1 Å². The number of carbonyl (C=O) groups excluding carboxylic acids is 2. The van der Waals surface area contributed by atoms with Crippen LogP contribution in [0.3, 0.4) is 0 Å². The lowest BCUT2D eigenvalue weighted by molar-refractivity contribution is -0.139. The molecule has 1 heterocycles. The Morgan fingerprint density at radius 1 is 1.02 bits per heavy atom. The van der Waals surface area contributed by atoms with E-state index in [0.29, 0.717) is 48.4 Å². The van der Waals surface area contributed by atoms with Gasteiger partial charge in [-0.2, -0.15) is 13.2 Å². The molecule has 1 aliphatic carbocycles. The Labute approximate surface area is 253 Å². The lowest BCUT2D eigenvalue weighted by Crippen LogP contribution is -2.52. The van der Waals surface area contributed by atoms with Crippen LogP contribution in [-0.4, -0.2) is 55.1 Å². The minimum Gasteiger partial charge on any atom is -0.367 e. The normalized spacial score (nSPS) is 18.5. The van der Waals surface area contributed by atoms with Gasteiger partial charge in [0.1, 0.15) is 0 Å². The van der Waals surface area contributed by atoms with E-state index in [1.807, 2.05) is 11.8 Å². The molecule has 2 N–H and O–H groups in total. The largest absolute Gasteiger partial charge is 0.390 e. The second-order valence-corrected chi connectivity index (χ2v) is 12.0. The number of nitrogens with one attached hydrogen (secondary N) is 2. The van der Waals surface area contributed by atoms with E-state index in [2.05, 4.69) is 10.6 Å². The fourth-order valence-electron chi connectivity index (χ4n) is 5.87. The number of halogens is 6. The summed E-state index contributed by atoms with van der Waals surface area (Å²) in [7, 11) is 0. The van der Waals surface area contributed by atoms with Gasteiger partial charge in [0.2, 0.25) is 5.91 Å². The topological polar surface area (TPSA) is 64.7 Å². The number of hydrogen-bond donors (Lipinski definition) is 2. The molecule has 1 aliphatic heterocycles. The van der Waals surface area contributed by atoms with Crippen LogP contribution >= 0.6 is 11.6 Å². The molecule has 0 spiro atoms. The average Bonchev–Trinajstić information content (AvgIpc) is 2.97. The molecule has 1 saturated heterocycles. The highest BCUT2D eigenvalue weighted by Gasteiger charge is 2.32. The van der Waals surface area contributed by atoms with E-state index in [9.17, 15) is 27.2 Å². The number of benzene rings is 2. The van der Waals surface area contributed by atoms with Gasteiger partial charge in [0, 0.05) is 55.8 Å². The third-order valence-electron chi connectivity index (χ3n) is 8.38. The number of hydrogen-bond acceptors (Lipinski definition) is 4. The highest BCUT2D eigenvalue weighted by atomic mass is 35.5. The fraction of sp³-hybridized carbons (Fsp3) is 0.548. The number of nitrogens with zero attached hydrogens (tertiary/aromatic N) is 2. The molecule has 1 saturated carbocycles. The summed E-state index contributed by atoms with van der Waals surface area (Å²) in [5.74, 6) is -3.10. The van der Waals surface area contributed by atoms with Crippen molar-refractivity contribution in [2.45, 2.75) is 77.1 Å². The third kappa shape index (κ3) is 9.28. The van der Waals surface area contributed by atoms with Crippen molar-refractivity contribution in [3.63, 3.8) is 0 Å². The Kier molecular flexibility index (Phi) is 11.3. The number of amides is 2. The summed E-state index contributed by atoms with van der Waals surface area (Å²) in [5, 5.41) is 5.65. The minimum atomic E-state index is -4.24. The van der Waals surface area contributed by atoms with Crippen LogP contribution in [0.15, 0.2) is 30.3 Å². The van der Waals surface area contributed by atoms with E-state index in [4.69, 9.17) is 11.6 Å². The summed E-state index contributed by atoms with van der Waals surface area (Å²) in [4.78, 5) is 29.0. The van der Waals surface area contributed by atoms with Crippen LogP contribution in [0, 0.1) is 17.6 Å². The lowest BCUT2D eigenvalue weighted by Gasteiger charge is -2.41. The molecular formula is C31H38ClF5N4O2. The van der Waals surface area contributed by atoms with Gasteiger partial charge in [-0.05, 0) is 43.5 Å². The molecule has 0 bridgehead atoms. The van der Waals surface area contributed by atoms with Crippen molar-refractivity contribution in [2.75, 3.05) is 36.4 Å². The molecule has 0 unspecified atom stereocenters. The van der Waals surface area contributed by atoms with Crippen molar-refractivity contribution in [1.29, 1.82) is 0 Å². The molecule has 0 aromatic heterocycles. The first kappa shape index (κ1) is 33.0. The Morgan fingerprint density at radius 3 is 2.47 bits per heavy atom. The molecule has 236 valence electrons. The van der Waals surface area contributed by atoms with Gasteiger partial charge in [0.25, 0.3) is 5.91 Å². The zero-order valence-electron chi connectivity index (χ0n) is 24.2. The number of anilines is 2. The van der Waals surface area contributed by atoms with E-state index < -0.39 is 35.7 Å². The fourth-order valence-corrected chi connectivity index (χ4v) is 6.04. The van der Waals surface area contributed by atoms with Gasteiger partial charge in [-0.3, -0.25) is 14.5 Å². The number of alkyl halides is 3. The zero-order valence-corrected chi connectivity index (χ0v) is 25.0. The predicted octanol–water partition coefficient (Wildman–Crippen LogP) is 7.31. The maximum atomic E-state index is 15.0. The third-order valence-corrected chi connectivity index (χ3v) is 8.62. The summed E-state index contributed by atoms with van der Waals surface area (Å²) in [6.45, 7) is 2.66. The predicted molar refractivity (Wildman–Crippen MR) is 157 cm³/mol. The highest BCUT2D eigenvalue weighted by Crippen LogP contribution is 2.33.